The molecule has 1 aliphatic rings. The van der Waals surface area contributed by atoms with E-state index < -0.39 is 6.61 Å². The molecule has 1 aliphatic carbocycles. The molecule has 0 aliphatic heterocycles. The summed E-state index contributed by atoms with van der Waals surface area (Å²) in [7, 11) is 1.55. The second-order valence-electron chi connectivity index (χ2n) is 5.81. The van der Waals surface area contributed by atoms with E-state index in [0.717, 1.165) is 6.42 Å². The number of ether oxygens (including phenoxy) is 2. The lowest BCUT2D eigenvalue weighted by atomic mass is 9.67. The highest BCUT2D eigenvalue weighted by molar-refractivity contribution is 5.40. The Balaban J connectivity index is 2.07. The molecule has 0 radical (unpaired) electrons. The lowest BCUT2D eigenvalue weighted by Crippen LogP contribution is -2.49. The number of rotatable bonds is 6. The third kappa shape index (κ3) is 3.39. The van der Waals surface area contributed by atoms with Crippen LogP contribution in [0.5, 0.6) is 11.5 Å². The predicted molar refractivity (Wildman–Crippen MR) is 73.3 cm³/mol. The second kappa shape index (κ2) is 5.95. The first-order chi connectivity index (χ1) is 9.42. The van der Waals surface area contributed by atoms with Crippen molar-refractivity contribution in [2.45, 2.75) is 45.9 Å². The van der Waals surface area contributed by atoms with Crippen LogP contribution in [-0.4, -0.2) is 19.8 Å². The Morgan fingerprint density at radius 1 is 1.40 bits per heavy atom. The summed E-state index contributed by atoms with van der Waals surface area (Å²) in [6.45, 7) is 2.09. The van der Waals surface area contributed by atoms with Crippen LogP contribution in [0, 0.1) is 5.41 Å². The molecule has 3 nitrogen and oxygen atoms in total. The van der Waals surface area contributed by atoms with Gasteiger partial charge in [0.1, 0.15) is 11.5 Å². The van der Waals surface area contributed by atoms with Crippen molar-refractivity contribution in [3.63, 3.8) is 0 Å². The van der Waals surface area contributed by atoms with Crippen molar-refractivity contribution >= 4 is 0 Å². The first-order valence-electron chi connectivity index (χ1n) is 6.77. The minimum atomic E-state index is -2.82. The van der Waals surface area contributed by atoms with Gasteiger partial charge in [-0.05, 0) is 36.5 Å². The van der Waals surface area contributed by atoms with Crippen molar-refractivity contribution in [1.29, 1.82) is 0 Å². The highest BCUT2D eigenvalue weighted by atomic mass is 19.3. The molecule has 1 unspecified atom stereocenters. The van der Waals surface area contributed by atoms with Gasteiger partial charge in [0, 0.05) is 18.2 Å². The van der Waals surface area contributed by atoms with Crippen LogP contribution in [0.25, 0.3) is 0 Å². The molecular weight excluding hydrogens is 264 g/mol. The van der Waals surface area contributed by atoms with Crippen molar-refractivity contribution in [3.05, 3.63) is 23.8 Å². The number of nitrogens with one attached hydrogen (secondary N) is 1. The Hall–Kier alpha value is -1.36. The van der Waals surface area contributed by atoms with E-state index in [9.17, 15) is 8.78 Å². The average Bonchev–Trinajstić information content (AvgIpc) is 2.38. The lowest BCUT2D eigenvalue weighted by molar-refractivity contribution is -0.0506. The fourth-order valence-electron chi connectivity index (χ4n) is 2.51. The second-order valence-corrected chi connectivity index (χ2v) is 5.81. The van der Waals surface area contributed by atoms with Crippen molar-refractivity contribution in [2.75, 3.05) is 7.11 Å². The summed E-state index contributed by atoms with van der Waals surface area (Å²) in [5, 5.41) is 3.41. The van der Waals surface area contributed by atoms with Crippen LogP contribution in [0.3, 0.4) is 0 Å². The molecule has 1 aromatic carbocycles. The van der Waals surface area contributed by atoms with E-state index in [1.165, 1.54) is 12.5 Å². The molecule has 1 aromatic rings. The quantitative estimate of drug-likeness (QED) is 0.866. The molecule has 5 heteroatoms. The van der Waals surface area contributed by atoms with Crippen LogP contribution in [-0.2, 0) is 6.54 Å². The Labute approximate surface area is 118 Å². The average molecular weight is 285 g/mol. The summed E-state index contributed by atoms with van der Waals surface area (Å²) in [6, 6.07) is 5.28. The first kappa shape index (κ1) is 15.0. The van der Waals surface area contributed by atoms with Gasteiger partial charge in [-0.25, -0.2) is 0 Å². The summed E-state index contributed by atoms with van der Waals surface area (Å²) in [5.74, 6) is 0.835. The van der Waals surface area contributed by atoms with Gasteiger partial charge >= 0.3 is 6.61 Å². The monoisotopic (exact) mass is 285 g/mol. The zero-order chi connectivity index (χ0) is 14.8. The zero-order valence-corrected chi connectivity index (χ0v) is 12.1. The molecule has 1 saturated carbocycles. The predicted octanol–water partition coefficient (Wildman–Crippen LogP) is 3.57. The Bertz CT molecular complexity index is 463. The minimum absolute atomic E-state index is 0.199. The van der Waals surface area contributed by atoms with E-state index >= 15 is 0 Å². The maximum Gasteiger partial charge on any atom is 0.387 e. The van der Waals surface area contributed by atoms with Gasteiger partial charge in [0.25, 0.3) is 0 Å². The summed E-state index contributed by atoms with van der Waals surface area (Å²) in [6.07, 6.45) is 2.30. The van der Waals surface area contributed by atoms with Crippen LogP contribution in [0.2, 0.25) is 0 Å². The molecule has 0 bridgehead atoms. The highest BCUT2D eigenvalue weighted by Crippen LogP contribution is 2.40. The van der Waals surface area contributed by atoms with Gasteiger partial charge in [-0.1, -0.05) is 13.8 Å². The maximum absolute atomic E-state index is 12.4. The fraction of sp³-hybridized carbons (Fsp3) is 0.600. The van der Waals surface area contributed by atoms with Crippen molar-refractivity contribution in [1.82, 2.24) is 5.32 Å². The third-order valence-electron chi connectivity index (χ3n) is 4.04. The van der Waals surface area contributed by atoms with Crippen LogP contribution >= 0.6 is 0 Å². The van der Waals surface area contributed by atoms with E-state index in [1.807, 2.05) is 0 Å². The number of alkyl halides is 2. The largest absolute Gasteiger partial charge is 0.497 e. The van der Waals surface area contributed by atoms with Gasteiger partial charge < -0.3 is 14.8 Å². The van der Waals surface area contributed by atoms with Gasteiger partial charge in [-0.15, -0.1) is 0 Å². The van der Waals surface area contributed by atoms with Crippen molar-refractivity contribution < 1.29 is 18.3 Å². The lowest BCUT2D eigenvalue weighted by Gasteiger charge is -2.45. The molecule has 1 N–H and O–H groups in total. The number of methoxy groups -OCH3 is 1. The number of hydrogen-bond acceptors (Lipinski definition) is 3. The summed E-state index contributed by atoms with van der Waals surface area (Å²) >= 11 is 0. The standard InChI is InChI=1S/C15H21F2NO2/c1-15(2)7-6-13(15)18-9-10-8-11(19-3)4-5-12(10)20-14(16)17/h4-5,8,13-14,18H,6-7,9H2,1-3H3. The number of hydrogen-bond donors (Lipinski definition) is 1. The van der Waals surface area contributed by atoms with E-state index in [-0.39, 0.29) is 11.2 Å². The molecule has 20 heavy (non-hydrogen) atoms. The van der Waals surface area contributed by atoms with Crippen molar-refractivity contribution in [2.24, 2.45) is 5.41 Å². The van der Waals surface area contributed by atoms with Gasteiger partial charge in [-0.3, -0.25) is 0 Å². The molecule has 1 atom stereocenters. The molecule has 2 rings (SSSR count). The highest BCUT2D eigenvalue weighted by Gasteiger charge is 2.37. The van der Waals surface area contributed by atoms with Gasteiger partial charge in [0.15, 0.2) is 0 Å². The van der Waals surface area contributed by atoms with Gasteiger partial charge in [0.05, 0.1) is 7.11 Å². The van der Waals surface area contributed by atoms with Gasteiger partial charge in [0.2, 0.25) is 0 Å². The Kier molecular flexibility index (Phi) is 4.48. The maximum atomic E-state index is 12.4. The normalized spacial score (nSPS) is 20.6. The molecule has 1 fully saturated rings. The van der Waals surface area contributed by atoms with Crippen molar-refractivity contribution in [3.8, 4) is 11.5 Å². The number of benzene rings is 1. The summed E-state index contributed by atoms with van der Waals surface area (Å²) in [4.78, 5) is 0. The SMILES string of the molecule is COc1ccc(OC(F)F)c(CNC2CCC2(C)C)c1. The molecular formula is C15H21F2NO2. The minimum Gasteiger partial charge on any atom is -0.497 e. The van der Waals surface area contributed by atoms with E-state index in [2.05, 4.69) is 23.9 Å². The van der Waals surface area contributed by atoms with E-state index in [0.29, 0.717) is 23.9 Å². The van der Waals surface area contributed by atoms with E-state index in [1.54, 1.807) is 19.2 Å². The third-order valence-corrected chi connectivity index (χ3v) is 4.04. The smallest absolute Gasteiger partial charge is 0.387 e. The number of halogens is 2. The van der Waals surface area contributed by atoms with Gasteiger partial charge in [-0.2, -0.15) is 8.78 Å². The Morgan fingerprint density at radius 3 is 2.65 bits per heavy atom. The fourth-order valence-corrected chi connectivity index (χ4v) is 2.51. The van der Waals surface area contributed by atoms with E-state index in [4.69, 9.17) is 4.74 Å². The molecule has 0 saturated heterocycles. The van der Waals surface area contributed by atoms with Crippen LogP contribution < -0.4 is 14.8 Å². The summed E-state index contributed by atoms with van der Waals surface area (Å²) < 4.78 is 34.5. The van der Waals surface area contributed by atoms with Crippen LogP contribution in [0.4, 0.5) is 8.78 Å². The van der Waals surface area contributed by atoms with Crippen LogP contribution in [0.1, 0.15) is 32.3 Å². The molecule has 112 valence electrons. The molecule has 0 amide bonds. The first-order valence-corrected chi connectivity index (χ1v) is 6.77. The zero-order valence-electron chi connectivity index (χ0n) is 12.1. The molecule has 0 aromatic heterocycles. The Morgan fingerprint density at radius 2 is 2.15 bits per heavy atom. The molecule has 0 spiro atoms. The van der Waals surface area contributed by atoms with Crippen LogP contribution in [0.15, 0.2) is 18.2 Å². The molecule has 0 heterocycles. The topological polar surface area (TPSA) is 30.5 Å². The summed E-state index contributed by atoms with van der Waals surface area (Å²) in [5.41, 5.74) is 0.954.